The molecule has 2 heteroatoms. The van der Waals surface area contributed by atoms with E-state index in [1.807, 2.05) is 25.1 Å². The van der Waals surface area contributed by atoms with Gasteiger partial charge in [0, 0.05) is 12.1 Å². The van der Waals surface area contributed by atoms with E-state index in [0.717, 1.165) is 16.9 Å². The lowest BCUT2D eigenvalue weighted by atomic mass is 10.1. The molecule has 0 aliphatic carbocycles. The number of benzene rings is 1. The van der Waals surface area contributed by atoms with Crippen LogP contribution in [-0.2, 0) is 6.54 Å². The number of rotatable bonds is 2. The molecule has 0 atom stereocenters. The molecule has 0 heterocycles. The van der Waals surface area contributed by atoms with Crippen LogP contribution >= 0.6 is 0 Å². The molecule has 11 heavy (non-hydrogen) atoms. The second-order valence-corrected chi connectivity index (χ2v) is 2.47. The van der Waals surface area contributed by atoms with Crippen LogP contribution in [0.2, 0.25) is 0 Å². The number of hydrogen-bond donors (Lipinski definition) is 1. The molecule has 0 saturated carbocycles. The van der Waals surface area contributed by atoms with Gasteiger partial charge in [-0.05, 0) is 12.5 Å². The summed E-state index contributed by atoms with van der Waals surface area (Å²) in [6, 6.07) is 5.98. The van der Waals surface area contributed by atoms with Gasteiger partial charge in [0.15, 0.2) is 0 Å². The van der Waals surface area contributed by atoms with Crippen molar-refractivity contribution >= 4 is 0 Å². The van der Waals surface area contributed by atoms with E-state index in [1.165, 1.54) is 0 Å². The summed E-state index contributed by atoms with van der Waals surface area (Å²) in [4.78, 5) is 0. The maximum absolute atomic E-state index is 5.52. The van der Waals surface area contributed by atoms with Crippen molar-refractivity contribution in [2.24, 2.45) is 5.73 Å². The molecule has 2 nitrogen and oxygen atoms in total. The fraction of sp³-hybridized carbons (Fsp3) is 0.333. The van der Waals surface area contributed by atoms with E-state index >= 15 is 0 Å². The number of hydrogen-bond acceptors (Lipinski definition) is 2. The fourth-order valence-electron chi connectivity index (χ4n) is 1.17. The zero-order valence-electron chi connectivity index (χ0n) is 6.92. The average Bonchev–Trinajstić information content (AvgIpc) is 2.04. The Kier molecular flexibility index (Phi) is 2.49. The molecule has 1 aromatic rings. The Hall–Kier alpha value is -1.02. The van der Waals surface area contributed by atoms with Gasteiger partial charge in [-0.3, -0.25) is 0 Å². The maximum atomic E-state index is 5.52. The smallest absolute Gasteiger partial charge is 0.126 e. The van der Waals surface area contributed by atoms with Crippen molar-refractivity contribution in [3.05, 3.63) is 29.3 Å². The molecule has 0 unspecified atom stereocenters. The average molecular weight is 151 g/mol. The van der Waals surface area contributed by atoms with Crippen LogP contribution in [0.4, 0.5) is 0 Å². The number of aryl methyl sites for hydroxylation is 1. The molecule has 0 bridgehead atoms. The van der Waals surface area contributed by atoms with E-state index in [-0.39, 0.29) is 0 Å². The minimum Gasteiger partial charge on any atom is -0.496 e. The van der Waals surface area contributed by atoms with Crippen LogP contribution in [0.25, 0.3) is 0 Å². The zero-order chi connectivity index (χ0) is 8.27. The Balaban J connectivity index is 3.13. The first-order valence-corrected chi connectivity index (χ1v) is 3.62. The molecule has 60 valence electrons. The quantitative estimate of drug-likeness (QED) is 0.694. The summed E-state index contributed by atoms with van der Waals surface area (Å²) in [5.74, 6) is 0.912. The van der Waals surface area contributed by atoms with E-state index in [4.69, 9.17) is 10.5 Å². The van der Waals surface area contributed by atoms with Gasteiger partial charge in [0.1, 0.15) is 5.75 Å². The summed E-state index contributed by atoms with van der Waals surface area (Å²) in [6.07, 6.45) is 0. The van der Waals surface area contributed by atoms with Gasteiger partial charge in [0.25, 0.3) is 0 Å². The first-order valence-electron chi connectivity index (χ1n) is 3.62. The molecular formula is C9H13NO. The van der Waals surface area contributed by atoms with Crippen LogP contribution in [-0.4, -0.2) is 7.11 Å². The van der Waals surface area contributed by atoms with Crippen molar-refractivity contribution in [3.63, 3.8) is 0 Å². The summed E-state index contributed by atoms with van der Waals surface area (Å²) in [5.41, 5.74) is 7.71. The van der Waals surface area contributed by atoms with Gasteiger partial charge in [-0.25, -0.2) is 0 Å². The van der Waals surface area contributed by atoms with Gasteiger partial charge in [-0.1, -0.05) is 18.2 Å². The fourth-order valence-corrected chi connectivity index (χ4v) is 1.17. The summed E-state index contributed by atoms with van der Waals surface area (Å²) in [6.45, 7) is 2.54. The lowest BCUT2D eigenvalue weighted by Crippen LogP contribution is -2.00. The van der Waals surface area contributed by atoms with Crippen molar-refractivity contribution in [1.29, 1.82) is 0 Å². The molecule has 1 rings (SSSR count). The predicted molar refractivity (Wildman–Crippen MR) is 45.6 cm³/mol. The highest BCUT2D eigenvalue weighted by Gasteiger charge is 2.01. The van der Waals surface area contributed by atoms with Crippen LogP contribution in [0.15, 0.2) is 18.2 Å². The summed E-state index contributed by atoms with van der Waals surface area (Å²) in [5, 5.41) is 0. The van der Waals surface area contributed by atoms with Crippen molar-refractivity contribution in [1.82, 2.24) is 0 Å². The molecular weight excluding hydrogens is 138 g/mol. The topological polar surface area (TPSA) is 35.2 Å². The van der Waals surface area contributed by atoms with Crippen LogP contribution in [0, 0.1) is 6.92 Å². The number of para-hydroxylation sites is 1. The Morgan fingerprint density at radius 3 is 2.64 bits per heavy atom. The SMILES string of the molecule is COc1c(C)cccc1CN. The maximum Gasteiger partial charge on any atom is 0.126 e. The predicted octanol–water partition coefficient (Wildman–Crippen LogP) is 1.46. The van der Waals surface area contributed by atoms with Gasteiger partial charge in [-0.2, -0.15) is 0 Å². The van der Waals surface area contributed by atoms with Gasteiger partial charge in [-0.15, -0.1) is 0 Å². The Labute approximate surface area is 67.0 Å². The van der Waals surface area contributed by atoms with Crippen molar-refractivity contribution in [3.8, 4) is 5.75 Å². The van der Waals surface area contributed by atoms with Crippen molar-refractivity contribution in [2.75, 3.05) is 7.11 Å². The lowest BCUT2D eigenvalue weighted by Gasteiger charge is -2.08. The minimum atomic E-state index is 0.533. The van der Waals surface area contributed by atoms with Crippen LogP contribution in [0.3, 0.4) is 0 Å². The third kappa shape index (κ3) is 1.52. The number of ether oxygens (including phenoxy) is 1. The third-order valence-corrected chi connectivity index (χ3v) is 1.72. The van der Waals surface area contributed by atoms with Gasteiger partial charge in [0.05, 0.1) is 7.11 Å². The molecule has 1 aromatic carbocycles. The van der Waals surface area contributed by atoms with Crippen LogP contribution < -0.4 is 10.5 Å². The molecule has 0 aromatic heterocycles. The minimum absolute atomic E-state index is 0.533. The molecule has 0 amide bonds. The van der Waals surface area contributed by atoms with E-state index in [9.17, 15) is 0 Å². The van der Waals surface area contributed by atoms with Crippen LogP contribution in [0.5, 0.6) is 5.75 Å². The highest BCUT2D eigenvalue weighted by atomic mass is 16.5. The first kappa shape index (κ1) is 8.08. The monoisotopic (exact) mass is 151 g/mol. The van der Waals surface area contributed by atoms with Gasteiger partial charge in [0.2, 0.25) is 0 Å². The Morgan fingerprint density at radius 1 is 1.45 bits per heavy atom. The highest BCUT2D eigenvalue weighted by molar-refractivity contribution is 5.40. The molecule has 0 saturated heterocycles. The Morgan fingerprint density at radius 2 is 2.18 bits per heavy atom. The molecule has 0 spiro atoms. The van der Waals surface area contributed by atoms with Crippen molar-refractivity contribution < 1.29 is 4.74 Å². The molecule has 2 N–H and O–H groups in total. The van der Waals surface area contributed by atoms with E-state index < -0.39 is 0 Å². The van der Waals surface area contributed by atoms with E-state index in [2.05, 4.69) is 0 Å². The molecule has 0 fully saturated rings. The second kappa shape index (κ2) is 3.39. The zero-order valence-corrected chi connectivity index (χ0v) is 6.92. The highest BCUT2D eigenvalue weighted by Crippen LogP contribution is 2.21. The molecule has 0 radical (unpaired) electrons. The largest absolute Gasteiger partial charge is 0.496 e. The standard InChI is InChI=1S/C9H13NO/c1-7-4-3-5-8(6-10)9(7)11-2/h3-5H,6,10H2,1-2H3. The third-order valence-electron chi connectivity index (χ3n) is 1.72. The van der Waals surface area contributed by atoms with Crippen LogP contribution in [0.1, 0.15) is 11.1 Å². The first-order chi connectivity index (χ1) is 5.29. The Bertz CT molecular complexity index is 245. The van der Waals surface area contributed by atoms with Crippen molar-refractivity contribution in [2.45, 2.75) is 13.5 Å². The summed E-state index contributed by atoms with van der Waals surface area (Å²) < 4.78 is 5.19. The lowest BCUT2D eigenvalue weighted by molar-refractivity contribution is 0.406. The molecule has 0 aliphatic heterocycles. The van der Waals surface area contributed by atoms with E-state index in [0.29, 0.717) is 6.54 Å². The normalized spacial score (nSPS) is 9.73. The van der Waals surface area contributed by atoms with Gasteiger partial charge >= 0.3 is 0 Å². The summed E-state index contributed by atoms with van der Waals surface area (Å²) in [7, 11) is 1.67. The molecule has 0 aliphatic rings. The van der Waals surface area contributed by atoms with E-state index in [1.54, 1.807) is 7.11 Å². The number of nitrogens with two attached hydrogens (primary N) is 1. The number of methoxy groups -OCH3 is 1. The summed E-state index contributed by atoms with van der Waals surface area (Å²) >= 11 is 0. The second-order valence-electron chi connectivity index (χ2n) is 2.47. The van der Waals surface area contributed by atoms with Gasteiger partial charge < -0.3 is 10.5 Å².